The summed E-state index contributed by atoms with van der Waals surface area (Å²) in [6, 6.07) is 0. The van der Waals surface area contributed by atoms with Crippen molar-refractivity contribution in [3.05, 3.63) is 130 Å². The van der Waals surface area contributed by atoms with Gasteiger partial charge in [-0.25, -0.2) is 4.79 Å². The zero-order valence-electron chi connectivity index (χ0n) is 33.7. The van der Waals surface area contributed by atoms with Crippen LogP contribution in [0.1, 0.15) is 114 Å². The first-order valence-electron chi connectivity index (χ1n) is 19.0. The maximum Gasteiger partial charge on any atom is 0.330 e. The van der Waals surface area contributed by atoms with Crippen LogP contribution in [-0.2, 0) is 14.3 Å². The maximum absolute atomic E-state index is 13.6. The van der Waals surface area contributed by atoms with E-state index < -0.39 is 12.1 Å². The Bertz CT molecular complexity index is 1570. The highest BCUT2D eigenvalue weighted by atomic mass is 16.5. The van der Waals surface area contributed by atoms with E-state index in [0.717, 1.165) is 48.0 Å². The highest BCUT2D eigenvalue weighted by molar-refractivity contribution is 5.98. The van der Waals surface area contributed by atoms with E-state index in [9.17, 15) is 19.8 Å². The highest BCUT2D eigenvalue weighted by Gasteiger charge is 2.35. The number of carbonyl (C=O) groups is 2. The second kappa shape index (κ2) is 21.7. The lowest BCUT2D eigenvalue weighted by Gasteiger charge is -2.38. The first kappa shape index (κ1) is 44.4. The fourth-order valence-electron chi connectivity index (χ4n) is 7.08. The molecule has 5 nitrogen and oxygen atoms in total. The van der Waals surface area contributed by atoms with Crippen LogP contribution in [0.3, 0.4) is 0 Å². The summed E-state index contributed by atoms with van der Waals surface area (Å²) >= 11 is 0. The molecule has 0 radical (unpaired) electrons. The Balaban J connectivity index is 2.08. The highest BCUT2D eigenvalue weighted by Crippen LogP contribution is 2.43. The van der Waals surface area contributed by atoms with Gasteiger partial charge in [0.25, 0.3) is 0 Å². The molecule has 0 amide bonds. The molecule has 5 heteroatoms. The zero-order chi connectivity index (χ0) is 38.9. The van der Waals surface area contributed by atoms with Crippen LogP contribution < -0.4 is 0 Å². The number of hydrogen-bond acceptors (Lipinski definition) is 5. The number of unbranched alkanes of at least 4 members (excludes halogenated alkanes) is 2. The van der Waals surface area contributed by atoms with E-state index in [1.165, 1.54) is 17.2 Å². The Morgan fingerprint density at radius 2 is 1.44 bits per heavy atom. The predicted molar refractivity (Wildman–Crippen MR) is 219 cm³/mol. The molecule has 0 heterocycles. The summed E-state index contributed by atoms with van der Waals surface area (Å²) in [4.78, 5) is 25.9. The molecule has 3 atom stereocenters. The fraction of sp³-hybridized carbons (Fsp3) is 0.489. The van der Waals surface area contributed by atoms with E-state index in [2.05, 4.69) is 91.8 Å². The Labute approximate surface area is 315 Å². The van der Waals surface area contributed by atoms with Crippen LogP contribution in [0.2, 0.25) is 0 Å². The van der Waals surface area contributed by atoms with Gasteiger partial charge < -0.3 is 14.9 Å². The molecule has 0 saturated heterocycles. The number of ether oxygens (including phenoxy) is 1. The van der Waals surface area contributed by atoms with Gasteiger partial charge in [0.2, 0.25) is 0 Å². The minimum atomic E-state index is -0.452. The van der Waals surface area contributed by atoms with Crippen molar-refractivity contribution < 1.29 is 24.5 Å². The summed E-state index contributed by atoms with van der Waals surface area (Å²) in [5.74, 6) is -0.220. The molecule has 0 fully saturated rings. The smallest absolute Gasteiger partial charge is 0.330 e. The molecular weight excluding hydrogens is 645 g/mol. The number of carbonyl (C=O) groups excluding carboxylic acids is 2. The summed E-state index contributed by atoms with van der Waals surface area (Å²) in [7, 11) is 0. The van der Waals surface area contributed by atoms with Gasteiger partial charge in [-0.2, -0.15) is 0 Å². The summed E-state index contributed by atoms with van der Waals surface area (Å²) < 4.78 is 5.48. The number of rotatable bonds is 17. The third-order valence-electron chi connectivity index (χ3n) is 9.94. The average molecular weight is 711 g/mol. The summed E-state index contributed by atoms with van der Waals surface area (Å²) in [6.07, 6.45) is 33.8. The molecule has 52 heavy (non-hydrogen) atoms. The van der Waals surface area contributed by atoms with E-state index in [1.807, 2.05) is 56.4 Å². The number of hydrogen-bond donors (Lipinski definition) is 2. The quantitative estimate of drug-likeness (QED) is 0.0516. The Morgan fingerprint density at radius 1 is 0.846 bits per heavy atom. The van der Waals surface area contributed by atoms with Gasteiger partial charge in [-0.05, 0) is 71.1 Å². The Morgan fingerprint density at radius 3 is 2.04 bits per heavy atom. The normalized spacial score (nSPS) is 23.5. The van der Waals surface area contributed by atoms with E-state index in [0.29, 0.717) is 24.3 Å². The van der Waals surface area contributed by atoms with Gasteiger partial charge in [-0.3, -0.25) is 4.79 Å². The Hall–Kier alpha value is -3.80. The van der Waals surface area contributed by atoms with Gasteiger partial charge in [0, 0.05) is 24.0 Å². The molecule has 0 spiro atoms. The van der Waals surface area contributed by atoms with Crippen molar-refractivity contribution in [3.63, 3.8) is 0 Å². The number of esters is 1. The fourth-order valence-corrected chi connectivity index (χ4v) is 7.08. The van der Waals surface area contributed by atoms with Crippen LogP contribution in [0.4, 0.5) is 0 Å². The molecule has 0 aromatic heterocycles. The molecule has 0 aliphatic heterocycles. The number of aliphatic hydroxyl groups excluding tert-OH is 2. The maximum atomic E-state index is 13.6. The summed E-state index contributed by atoms with van der Waals surface area (Å²) in [5, 5.41) is 20.4. The molecule has 2 aliphatic carbocycles. The molecule has 0 aromatic carbocycles. The third kappa shape index (κ3) is 15.8. The molecule has 0 saturated carbocycles. The van der Waals surface area contributed by atoms with Crippen molar-refractivity contribution >= 4 is 11.8 Å². The standard InChI is InChI=1S/C47H66O5/c1-11-12-13-14-25-45(51)52-33-39(44(50)30-43-38(6)29-41(49)32-47(43,9)10)24-18-23-35(3)20-16-15-19-34(2)21-17-22-36(4)26-27-42-37(5)28-40(48)31-46(42,7)8/h14-28,40-42,48-49H,11-13,29-33H2,1-10H3/b16-15+,21-17+,23-18+,25-14+,27-26+,34-19+,35-20+,36-22+,39-24+/t40-,41+,42-/m0/s1. The Kier molecular flexibility index (Phi) is 18.5. The van der Waals surface area contributed by atoms with Gasteiger partial charge in [0.05, 0.1) is 12.2 Å². The van der Waals surface area contributed by atoms with Crippen molar-refractivity contribution in [3.8, 4) is 0 Å². The first-order chi connectivity index (χ1) is 24.4. The third-order valence-corrected chi connectivity index (χ3v) is 9.94. The molecule has 2 aliphatic rings. The van der Waals surface area contributed by atoms with Gasteiger partial charge in [-0.15, -0.1) is 0 Å². The van der Waals surface area contributed by atoms with Gasteiger partial charge in [-0.1, -0.05) is 166 Å². The van der Waals surface area contributed by atoms with Gasteiger partial charge in [0.1, 0.15) is 6.61 Å². The van der Waals surface area contributed by atoms with E-state index in [4.69, 9.17) is 4.74 Å². The van der Waals surface area contributed by atoms with Crippen molar-refractivity contribution in [2.45, 2.75) is 126 Å². The van der Waals surface area contributed by atoms with E-state index >= 15 is 0 Å². The lowest BCUT2D eigenvalue weighted by molar-refractivity contribution is -0.137. The van der Waals surface area contributed by atoms with Crippen LogP contribution in [-0.4, -0.2) is 40.8 Å². The van der Waals surface area contributed by atoms with Crippen molar-refractivity contribution in [2.75, 3.05) is 6.61 Å². The molecule has 0 bridgehead atoms. The largest absolute Gasteiger partial charge is 0.458 e. The van der Waals surface area contributed by atoms with Crippen LogP contribution in [0.5, 0.6) is 0 Å². The lowest BCUT2D eigenvalue weighted by atomic mass is 9.67. The van der Waals surface area contributed by atoms with Gasteiger partial charge in [0.15, 0.2) is 5.78 Å². The number of allylic oxidation sites excluding steroid dienone is 18. The first-order valence-corrected chi connectivity index (χ1v) is 19.0. The van der Waals surface area contributed by atoms with Crippen molar-refractivity contribution in [2.24, 2.45) is 16.7 Å². The number of ketones is 1. The number of Topliss-reactive ketones (excluding diaryl/α,β-unsaturated/α-hetero) is 1. The lowest BCUT2D eigenvalue weighted by Crippen LogP contribution is -2.32. The van der Waals surface area contributed by atoms with Crippen molar-refractivity contribution in [1.82, 2.24) is 0 Å². The minimum Gasteiger partial charge on any atom is -0.458 e. The van der Waals surface area contributed by atoms with E-state index in [-0.39, 0.29) is 35.7 Å². The summed E-state index contributed by atoms with van der Waals surface area (Å²) in [6.45, 7) is 20.8. The zero-order valence-corrected chi connectivity index (χ0v) is 33.7. The van der Waals surface area contributed by atoms with Gasteiger partial charge >= 0.3 is 5.97 Å². The topological polar surface area (TPSA) is 83.8 Å². The second-order valence-electron chi connectivity index (χ2n) is 16.0. The molecule has 284 valence electrons. The summed E-state index contributed by atoms with van der Waals surface area (Å²) in [5.41, 5.74) is 6.80. The monoisotopic (exact) mass is 710 g/mol. The SMILES string of the molecule is CCCC/C=C/C(=O)OC\C(=C/C=C/C(C)=C/C=C/C=C(C)/C=C/C=C(C)/C=C/[C@H]1C(C)=C[C@H](O)CC1(C)C)C(=O)CC1=C(C)C[C@@H](O)CC1(C)C. The number of aliphatic hydroxyl groups is 2. The average Bonchev–Trinajstić information content (AvgIpc) is 3.03. The van der Waals surface area contributed by atoms with Crippen molar-refractivity contribution in [1.29, 1.82) is 0 Å². The molecule has 0 aromatic rings. The van der Waals surface area contributed by atoms with Crippen LogP contribution >= 0.6 is 0 Å². The van der Waals surface area contributed by atoms with Crippen LogP contribution in [0, 0.1) is 16.7 Å². The van der Waals surface area contributed by atoms with E-state index in [1.54, 1.807) is 6.08 Å². The second-order valence-corrected chi connectivity index (χ2v) is 16.0. The molecular formula is C47H66O5. The molecule has 2 N–H and O–H groups in total. The molecule has 2 rings (SSSR count). The predicted octanol–water partition coefficient (Wildman–Crippen LogP) is 11.1. The minimum absolute atomic E-state index is 0.0231. The molecule has 0 unspecified atom stereocenters. The van der Waals surface area contributed by atoms with Crippen LogP contribution in [0.25, 0.3) is 0 Å². The van der Waals surface area contributed by atoms with Crippen LogP contribution in [0.15, 0.2) is 130 Å².